The molecule has 2 heterocycles. The van der Waals surface area contributed by atoms with E-state index in [4.69, 9.17) is 27.6 Å². The van der Waals surface area contributed by atoms with Crippen LogP contribution < -0.4 is 5.32 Å². The number of aromatic nitrogens is 1. The number of hydrogen-bond donors (Lipinski definition) is 1. The zero-order chi connectivity index (χ0) is 13.1. The van der Waals surface area contributed by atoms with Crippen molar-refractivity contribution in [2.45, 2.75) is 13.0 Å². The second-order valence-electron chi connectivity index (χ2n) is 3.71. The Morgan fingerprint density at radius 1 is 1.39 bits per heavy atom. The van der Waals surface area contributed by atoms with E-state index in [0.29, 0.717) is 11.3 Å². The lowest BCUT2D eigenvalue weighted by Gasteiger charge is -2.11. The quantitative estimate of drug-likeness (QED) is 0.878. The smallest absolute Gasteiger partial charge is 0.252 e. The molecule has 0 saturated carbocycles. The van der Waals surface area contributed by atoms with Gasteiger partial charge in [-0.25, -0.2) is 4.98 Å². The van der Waals surface area contributed by atoms with Crippen LogP contribution in [0.4, 0.5) is 0 Å². The molecular weight excluding hydrogens is 275 g/mol. The van der Waals surface area contributed by atoms with E-state index in [2.05, 4.69) is 10.3 Å². The molecule has 18 heavy (non-hydrogen) atoms. The minimum Gasteiger partial charge on any atom is -0.467 e. The average Bonchev–Trinajstić information content (AvgIpc) is 2.80. The van der Waals surface area contributed by atoms with Crippen molar-refractivity contribution in [3.63, 3.8) is 0 Å². The molecule has 0 aliphatic heterocycles. The van der Waals surface area contributed by atoms with E-state index in [1.54, 1.807) is 18.4 Å². The maximum absolute atomic E-state index is 12.0. The number of hydrogen-bond acceptors (Lipinski definition) is 3. The van der Waals surface area contributed by atoms with Crippen molar-refractivity contribution in [3.05, 3.63) is 52.2 Å². The van der Waals surface area contributed by atoms with Crippen LogP contribution in [-0.4, -0.2) is 10.9 Å². The first-order valence-electron chi connectivity index (χ1n) is 5.23. The SMILES string of the molecule is CC(NC(=O)c1cc(Cl)nc(Cl)c1)c1ccco1. The monoisotopic (exact) mass is 284 g/mol. The topological polar surface area (TPSA) is 55.1 Å². The van der Waals surface area contributed by atoms with Crippen LogP contribution in [0.2, 0.25) is 10.3 Å². The molecular formula is C12H10Cl2N2O2. The number of carbonyl (C=O) groups is 1. The van der Waals surface area contributed by atoms with Crippen molar-refractivity contribution in [1.82, 2.24) is 10.3 Å². The molecule has 6 heteroatoms. The van der Waals surface area contributed by atoms with Gasteiger partial charge in [0.05, 0.1) is 12.3 Å². The van der Waals surface area contributed by atoms with Crippen LogP contribution in [0, 0.1) is 0 Å². The van der Waals surface area contributed by atoms with Crippen molar-refractivity contribution in [2.75, 3.05) is 0 Å². The van der Waals surface area contributed by atoms with Crippen LogP contribution in [0.5, 0.6) is 0 Å². The zero-order valence-electron chi connectivity index (χ0n) is 9.48. The molecule has 1 N–H and O–H groups in total. The highest BCUT2D eigenvalue weighted by atomic mass is 35.5. The Morgan fingerprint density at radius 3 is 2.61 bits per heavy atom. The van der Waals surface area contributed by atoms with Crippen LogP contribution >= 0.6 is 23.2 Å². The Balaban J connectivity index is 2.12. The van der Waals surface area contributed by atoms with Crippen molar-refractivity contribution < 1.29 is 9.21 Å². The number of amides is 1. The number of halogens is 2. The van der Waals surface area contributed by atoms with E-state index in [-0.39, 0.29) is 22.3 Å². The van der Waals surface area contributed by atoms with Crippen molar-refractivity contribution in [1.29, 1.82) is 0 Å². The number of furan rings is 1. The predicted octanol–water partition coefficient (Wildman–Crippen LogP) is 3.47. The van der Waals surface area contributed by atoms with Gasteiger partial charge in [-0.15, -0.1) is 0 Å². The molecule has 1 amide bonds. The number of nitrogens with zero attached hydrogens (tertiary/aromatic N) is 1. The minimum absolute atomic E-state index is 0.179. The molecule has 0 aromatic carbocycles. The third kappa shape index (κ3) is 3.03. The highest BCUT2D eigenvalue weighted by Crippen LogP contribution is 2.17. The normalized spacial score (nSPS) is 12.2. The molecule has 2 aromatic rings. The van der Waals surface area contributed by atoms with Crippen LogP contribution in [0.25, 0.3) is 0 Å². The highest BCUT2D eigenvalue weighted by molar-refractivity contribution is 6.33. The molecule has 1 atom stereocenters. The summed E-state index contributed by atoms with van der Waals surface area (Å²) in [6.07, 6.45) is 1.55. The summed E-state index contributed by atoms with van der Waals surface area (Å²) in [5, 5.41) is 3.13. The van der Waals surface area contributed by atoms with Crippen molar-refractivity contribution in [3.8, 4) is 0 Å². The van der Waals surface area contributed by atoms with Crippen molar-refractivity contribution >= 4 is 29.1 Å². The molecule has 0 fully saturated rings. The number of rotatable bonds is 3. The Bertz CT molecular complexity index is 535. The summed E-state index contributed by atoms with van der Waals surface area (Å²) in [6, 6.07) is 6.23. The summed E-state index contributed by atoms with van der Waals surface area (Å²) < 4.78 is 5.20. The molecule has 2 rings (SSSR count). The summed E-state index contributed by atoms with van der Waals surface area (Å²) in [7, 11) is 0. The number of carbonyl (C=O) groups excluding carboxylic acids is 1. The second kappa shape index (κ2) is 5.42. The molecule has 4 nitrogen and oxygen atoms in total. The van der Waals surface area contributed by atoms with Gasteiger partial charge in [-0.05, 0) is 31.2 Å². The predicted molar refractivity (Wildman–Crippen MR) is 68.8 cm³/mol. The Morgan fingerprint density at radius 2 is 2.06 bits per heavy atom. The van der Waals surface area contributed by atoms with Crippen molar-refractivity contribution in [2.24, 2.45) is 0 Å². The van der Waals surface area contributed by atoms with E-state index in [9.17, 15) is 4.79 Å². The fraction of sp³-hybridized carbons (Fsp3) is 0.167. The van der Waals surface area contributed by atoms with E-state index >= 15 is 0 Å². The van der Waals surface area contributed by atoms with Gasteiger partial charge >= 0.3 is 0 Å². The first-order chi connectivity index (χ1) is 8.56. The molecule has 94 valence electrons. The van der Waals surface area contributed by atoms with E-state index in [1.807, 2.05) is 6.92 Å². The van der Waals surface area contributed by atoms with E-state index < -0.39 is 0 Å². The fourth-order valence-corrected chi connectivity index (χ4v) is 1.95. The second-order valence-corrected chi connectivity index (χ2v) is 4.49. The Hall–Kier alpha value is -1.52. The Labute approximate surface area is 114 Å². The first-order valence-corrected chi connectivity index (χ1v) is 5.99. The Kier molecular flexibility index (Phi) is 3.89. The molecule has 0 bridgehead atoms. The summed E-state index contributed by atoms with van der Waals surface area (Å²) in [5.74, 6) is 0.389. The van der Waals surface area contributed by atoms with Crippen LogP contribution in [-0.2, 0) is 0 Å². The summed E-state index contributed by atoms with van der Waals surface area (Å²) in [5.41, 5.74) is 0.360. The number of nitrogens with one attached hydrogen (secondary N) is 1. The molecule has 1 unspecified atom stereocenters. The van der Waals surface area contributed by atoms with E-state index in [1.165, 1.54) is 12.1 Å². The van der Waals surface area contributed by atoms with Gasteiger partial charge in [0.25, 0.3) is 5.91 Å². The lowest BCUT2D eigenvalue weighted by atomic mass is 10.2. The van der Waals surface area contributed by atoms with Gasteiger partial charge in [-0.1, -0.05) is 23.2 Å². The third-order valence-corrected chi connectivity index (χ3v) is 2.73. The lowest BCUT2D eigenvalue weighted by Crippen LogP contribution is -2.26. The first kappa shape index (κ1) is 12.9. The summed E-state index contributed by atoms with van der Waals surface area (Å²) in [4.78, 5) is 15.7. The summed E-state index contributed by atoms with van der Waals surface area (Å²) in [6.45, 7) is 1.82. The average molecular weight is 285 g/mol. The third-order valence-electron chi connectivity index (χ3n) is 2.34. The van der Waals surface area contributed by atoms with Gasteiger partial charge in [-0.2, -0.15) is 0 Å². The molecule has 0 aliphatic carbocycles. The van der Waals surface area contributed by atoms with Gasteiger partial charge in [0.15, 0.2) is 0 Å². The zero-order valence-corrected chi connectivity index (χ0v) is 11.0. The van der Waals surface area contributed by atoms with E-state index in [0.717, 1.165) is 0 Å². The van der Waals surface area contributed by atoms with Crippen LogP contribution in [0.15, 0.2) is 34.9 Å². The van der Waals surface area contributed by atoms with Crippen LogP contribution in [0.1, 0.15) is 29.1 Å². The maximum atomic E-state index is 12.0. The van der Waals surface area contributed by atoms with Gasteiger partial charge in [0.2, 0.25) is 0 Å². The minimum atomic E-state index is -0.287. The molecule has 0 radical (unpaired) electrons. The standard InChI is InChI=1S/C12H10Cl2N2O2/c1-7(9-3-2-4-18-9)15-12(17)8-5-10(13)16-11(14)6-8/h2-7H,1H3,(H,15,17). The summed E-state index contributed by atoms with van der Waals surface area (Å²) >= 11 is 11.5. The molecule has 2 aromatic heterocycles. The van der Waals surface area contributed by atoms with Gasteiger partial charge in [-0.3, -0.25) is 4.79 Å². The number of pyridine rings is 1. The van der Waals surface area contributed by atoms with Gasteiger partial charge in [0, 0.05) is 5.56 Å². The lowest BCUT2D eigenvalue weighted by molar-refractivity contribution is 0.0935. The fourth-order valence-electron chi connectivity index (χ4n) is 1.48. The highest BCUT2D eigenvalue weighted by Gasteiger charge is 2.14. The van der Waals surface area contributed by atoms with Crippen LogP contribution in [0.3, 0.4) is 0 Å². The molecule has 0 aliphatic rings. The van der Waals surface area contributed by atoms with Gasteiger partial charge in [0.1, 0.15) is 16.1 Å². The molecule has 0 spiro atoms. The van der Waals surface area contributed by atoms with Gasteiger partial charge < -0.3 is 9.73 Å². The molecule has 0 saturated heterocycles. The largest absolute Gasteiger partial charge is 0.467 e. The maximum Gasteiger partial charge on any atom is 0.252 e.